The normalized spacial score (nSPS) is 15.5. The highest BCUT2D eigenvalue weighted by atomic mass is 32.2. The minimum Gasteiger partial charge on any atom is -0.506 e. The third-order valence-electron chi connectivity index (χ3n) is 3.78. The maximum atomic E-state index is 11.8. The molecule has 0 aromatic heterocycles. The van der Waals surface area contributed by atoms with E-state index in [1.807, 2.05) is 24.3 Å². The summed E-state index contributed by atoms with van der Waals surface area (Å²) in [4.78, 5) is 0. The fraction of sp³-hybridized carbons (Fsp3) is 0.176. The Labute approximate surface area is 141 Å². The molecule has 7 heteroatoms. The van der Waals surface area contributed by atoms with Crippen LogP contribution in [-0.2, 0) is 28.0 Å². The fourth-order valence-corrected chi connectivity index (χ4v) is 3.62. The van der Waals surface area contributed by atoms with Crippen LogP contribution in [0.15, 0.2) is 54.9 Å². The standard InChI is InChI=1S/C17H18N2O4S/c1-23-12-15-5-3-2-4-14(15)10-13-6-7-16(17(20)11-13)19-9-8-18-24(19,21)22/h2-9,11,18,20H,10,12H2,1H3. The Kier molecular flexibility index (Phi) is 4.46. The van der Waals surface area contributed by atoms with Gasteiger partial charge in [0.2, 0.25) is 0 Å². The molecule has 0 radical (unpaired) electrons. The van der Waals surface area contributed by atoms with E-state index in [4.69, 9.17) is 4.74 Å². The maximum Gasteiger partial charge on any atom is 0.327 e. The molecule has 1 aliphatic rings. The predicted octanol–water partition coefficient (Wildman–Crippen LogP) is 2.25. The zero-order valence-electron chi connectivity index (χ0n) is 13.1. The van der Waals surface area contributed by atoms with Gasteiger partial charge in [-0.25, -0.2) is 4.31 Å². The quantitative estimate of drug-likeness (QED) is 0.870. The van der Waals surface area contributed by atoms with Gasteiger partial charge in [0.25, 0.3) is 0 Å². The number of benzene rings is 2. The lowest BCUT2D eigenvalue weighted by atomic mass is 9.99. The van der Waals surface area contributed by atoms with Crippen LogP contribution in [0.5, 0.6) is 5.75 Å². The second-order valence-electron chi connectivity index (χ2n) is 5.44. The molecule has 2 aromatic rings. The van der Waals surface area contributed by atoms with Gasteiger partial charge in [-0.3, -0.25) is 4.72 Å². The summed E-state index contributed by atoms with van der Waals surface area (Å²) in [7, 11) is -2.00. The molecule has 0 saturated carbocycles. The summed E-state index contributed by atoms with van der Waals surface area (Å²) < 4.78 is 32.1. The number of anilines is 1. The number of ether oxygens (including phenoxy) is 1. The van der Waals surface area contributed by atoms with Crippen LogP contribution in [0, 0.1) is 0 Å². The molecular weight excluding hydrogens is 328 g/mol. The number of nitrogens with zero attached hydrogens (tertiary/aromatic N) is 1. The van der Waals surface area contributed by atoms with E-state index in [1.165, 1.54) is 12.4 Å². The molecule has 0 atom stereocenters. The number of phenols is 1. The molecule has 3 rings (SSSR count). The van der Waals surface area contributed by atoms with Crippen molar-refractivity contribution in [1.29, 1.82) is 0 Å². The number of rotatable bonds is 5. The van der Waals surface area contributed by atoms with Gasteiger partial charge in [-0.1, -0.05) is 30.3 Å². The third-order valence-corrected chi connectivity index (χ3v) is 5.05. The zero-order valence-corrected chi connectivity index (χ0v) is 14.0. The lowest BCUT2D eigenvalue weighted by molar-refractivity contribution is 0.184. The van der Waals surface area contributed by atoms with Crippen LogP contribution in [0.25, 0.3) is 0 Å². The number of phenolic OH excluding ortho intramolecular Hbond substituents is 1. The number of nitrogens with one attached hydrogen (secondary N) is 1. The van der Waals surface area contributed by atoms with Crippen LogP contribution >= 0.6 is 0 Å². The Morgan fingerprint density at radius 2 is 1.92 bits per heavy atom. The lowest BCUT2D eigenvalue weighted by Gasteiger charge is -2.17. The van der Waals surface area contributed by atoms with E-state index in [9.17, 15) is 13.5 Å². The van der Waals surface area contributed by atoms with Gasteiger partial charge in [-0.2, -0.15) is 8.42 Å². The van der Waals surface area contributed by atoms with Crippen molar-refractivity contribution in [3.63, 3.8) is 0 Å². The monoisotopic (exact) mass is 346 g/mol. The van der Waals surface area contributed by atoms with Crippen molar-refractivity contribution in [2.75, 3.05) is 11.4 Å². The van der Waals surface area contributed by atoms with Gasteiger partial charge < -0.3 is 9.84 Å². The first-order chi connectivity index (χ1) is 11.5. The third kappa shape index (κ3) is 3.22. The molecule has 0 bridgehead atoms. The summed E-state index contributed by atoms with van der Waals surface area (Å²) in [5.74, 6) is -0.0892. The molecule has 2 aromatic carbocycles. The highest BCUT2D eigenvalue weighted by Crippen LogP contribution is 2.32. The topological polar surface area (TPSA) is 78.9 Å². The molecule has 6 nitrogen and oxygen atoms in total. The molecule has 24 heavy (non-hydrogen) atoms. The smallest absolute Gasteiger partial charge is 0.327 e. The van der Waals surface area contributed by atoms with Crippen molar-refractivity contribution in [3.05, 3.63) is 71.6 Å². The van der Waals surface area contributed by atoms with E-state index >= 15 is 0 Å². The number of hydrogen-bond acceptors (Lipinski definition) is 4. The summed E-state index contributed by atoms with van der Waals surface area (Å²) in [6, 6.07) is 12.9. The van der Waals surface area contributed by atoms with Gasteiger partial charge in [-0.15, -0.1) is 0 Å². The molecule has 0 fully saturated rings. The Morgan fingerprint density at radius 3 is 2.54 bits per heavy atom. The lowest BCUT2D eigenvalue weighted by Crippen LogP contribution is -2.28. The van der Waals surface area contributed by atoms with Crippen molar-refractivity contribution in [1.82, 2.24) is 4.72 Å². The summed E-state index contributed by atoms with van der Waals surface area (Å²) in [6.45, 7) is 0.517. The number of hydrogen-bond donors (Lipinski definition) is 2. The largest absolute Gasteiger partial charge is 0.506 e. The second kappa shape index (κ2) is 6.54. The van der Waals surface area contributed by atoms with Crippen LogP contribution in [-0.4, -0.2) is 20.6 Å². The highest BCUT2D eigenvalue weighted by Gasteiger charge is 2.25. The number of aromatic hydroxyl groups is 1. The van der Waals surface area contributed by atoms with Gasteiger partial charge in [0.15, 0.2) is 0 Å². The molecule has 0 aliphatic carbocycles. The first-order valence-corrected chi connectivity index (χ1v) is 8.81. The van der Waals surface area contributed by atoms with Crippen LogP contribution in [0.4, 0.5) is 5.69 Å². The van der Waals surface area contributed by atoms with Crippen LogP contribution in [0.3, 0.4) is 0 Å². The summed E-state index contributed by atoms with van der Waals surface area (Å²) in [5, 5.41) is 10.2. The van der Waals surface area contributed by atoms with Gasteiger partial charge in [0, 0.05) is 19.5 Å². The van der Waals surface area contributed by atoms with Gasteiger partial charge in [-0.05, 0) is 35.2 Å². The van der Waals surface area contributed by atoms with Crippen LogP contribution in [0.1, 0.15) is 16.7 Å². The van der Waals surface area contributed by atoms with Crippen LogP contribution < -0.4 is 9.03 Å². The second-order valence-corrected chi connectivity index (χ2v) is 7.02. The summed E-state index contributed by atoms with van der Waals surface area (Å²) in [6.07, 6.45) is 3.29. The molecule has 0 spiro atoms. The van der Waals surface area contributed by atoms with Gasteiger partial charge in [0.1, 0.15) is 5.75 Å². The van der Waals surface area contributed by atoms with E-state index in [0.717, 1.165) is 21.0 Å². The van der Waals surface area contributed by atoms with Crippen molar-refractivity contribution in [2.24, 2.45) is 0 Å². The number of methoxy groups -OCH3 is 1. The first kappa shape index (κ1) is 16.4. The molecule has 1 heterocycles. The van der Waals surface area contributed by atoms with E-state index in [0.29, 0.717) is 13.0 Å². The predicted molar refractivity (Wildman–Crippen MR) is 91.7 cm³/mol. The molecule has 0 amide bonds. The minimum absolute atomic E-state index is 0.0892. The Hall–Kier alpha value is -2.51. The Balaban J connectivity index is 1.87. The SMILES string of the molecule is COCc1ccccc1Cc1ccc(N2C=CNS2(=O)=O)c(O)c1. The summed E-state index contributed by atoms with van der Waals surface area (Å²) >= 11 is 0. The Morgan fingerprint density at radius 1 is 1.17 bits per heavy atom. The molecule has 1 aliphatic heterocycles. The van der Waals surface area contributed by atoms with Crippen LogP contribution in [0.2, 0.25) is 0 Å². The minimum atomic E-state index is -3.65. The summed E-state index contributed by atoms with van der Waals surface area (Å²) in [5.41, 5.74) is 3.28. The maximum absolute atomic E-state index is 11.8. The highest BCUT2D eigenvalue weighted by molar-refractivity contribution is 7.91. The molecule has 0 saturated heterocycles. The average Bonchev–Trinajstić information content (AvgIpc) is 2.89. The van der Waals surface area contributed by atoms with Crippen molar-refractivity contribution >= 4 is 15.9 Å². The van der Waals surface area contributed by atoms with Crippen molar-refractivity contribution in [3.8, 4) is 5.75 Å². The van der Waals surface area contributed by atoms with Gasteiger partial charge in [0.05, 0.1) is 12.3 Å². The van der Waals surface area contributed by atoms with E-state index in [-0.39, 0.29) is 11.4 Å². The van der Waals surface area contributed by atoms with Gasteiger partial charge >= 0.3 is 10.2 Å². The average molecular weight is 346 g/mol. The molecule has 0 unspecified atom stereocenters. The van der Waals surface area contributed by atoms with E-state index in [1.54, 1.807) is 25.3 Å². The Bertz CT molecular complexity index is 878. The van der Waals surface area contributed by atoms with Crippen molar-refractivity contribution < 1.29 is 18.3 Å². The first-order valence-electron chi connectivity index (χ1n) is 7.37. The molecular formula is C17H18N2O4S. The van der Waals surface area contributed by atoms with Crippen molar-refractivity contribution in [2.45, 2.75) is 13.0 Å². The molecule has 126 valence electrons. The molecule has 2 N–H and O–H groups in total. The zero-order chi connectivity index (χ0) is 17.2. The van der Waals surface area contributed by atoms with E-state index < -0.39 is 10.2 Å². The van der Waals surface area contributed by atoms with E-state index in [2.05, 4.69) is 4.72 Å². The fourth-order valence-electron chi connectivity index (χ4n) is 2.64.